The fourth-order valence-corrected chi connectivity index (χ4v) is 4.97. The van der Waals surface area contributed by atoms with Crippen molar-refractivity contribution in [2.24, 2.45) is 11.3 Å². The maximum absolute atomic E-state index is 12.8. The van der Waals surface area contributed by atoms with Gasteiger partial charge < -0.3 is 15.4 Å². The van der Waals surface area contributed by atoms with Gasteiger partial charge in [-0.15, -0.1) is 0 Å². The number of ether oxygens (including phenoxy) is 1. The quantitative estimate of drug-likeness (QED) is 0.869. The molecule has 4 nitrogen and oxygen atoms in total. The Hall–Kier alpha value is -1.39. The van der Waals surface area contributed by atoms with E-state index in [-0.39, 0.29) is 22.7 Å². The van der Waals surface area contributed by atoms with Crippen LogP contribution in [-0.2, 0) is 21.4 Å². The fourth-order valence-electron chi connectivity index (χ4n) is 4.97. The molecule has 2 aliphatic carbocycles. The number of fused-ring (bicyclic) bond motifs is 2. The van der Waals surface area contributed by atoms with Crippen LogP contribution in [0.2, 0.25) is 0 Å². The zero-order valence-corrected chi connectivity index (χ0v) is 14.6. The summed E-state index contributed by atoms with van der Waals surface area (Å²) in [5.74, 6) is 0.420. The molecule has 2 fully saturated rings. The number of benzene rings is 1. The van der Waals surface area contributed by atoms with E-state index >= 15 is 0 Å². The lowest BCUT2D eigenvalue weighted by Gasteiger charge is -2.37. The van der Waals surface area contributed by atoms with Gasteiger partial charge in [0.2, 0.25) is 5.91 Å². The summed E-state index contributed by atoms with van der Waals surface area (Å²) in [7, 11) is 1.76. The maximum Gasteiger partial charge on any atom is 0.224 e. The molecule has 1 aliphatic heterocycles. The van der Waals surface area contributed by atoms with Gasteiger partial charge in [0.15, 0.2) is 0 Å². The maximum atomic E-state index is 12.8. The lowest BCUT2D eigenvalue weighted by molar-refractivity contribution is -0.123. The van der Waals surface area contributed by atoms with Gasteiger partial charge in [0.1, 0.15) is 0 Å². The van der Waals surface area contributed by atoms with Crippen molar-refractivity contribution in [3.8, 4) is 0 Å². The predicted molar refractivity (Wildman–Crippen MR) is 94.0 cm³/mol. The van der Waals surface area contributed by atoms with Crippen LogP contribution >= 0.6 is 0 Å². The number of hydrogen-bond donors (Lipinski definition) is 2. The topological polar surface area (TPSA) is 50.4 Å². The number of carbonyl (C=O) groups excluding carboxylic acids is 1. The molecule has 3 aliphatic rings. The van der Waals surface area contributed by atoms with Crippen LogP contribution < -0.4 is 10.6 Å². The number of aryl methyl sites for hydroxylation is 1. The number of nitrogens with one attached hydrogen (secondary N) is 2. The molecular weight excluding hydrogens is 300 g/mol. The first-order chi connectivity index (χ1) is 11.7. The first-order valence-corrected chi connectivity index (χ1v) is 9.25. The van der Waals surface area contributed by atoms with E-state index in [1.807, 2.05) is 0 Å². The molecular formula is C20H28N2O2. The minimum absolute atomic E-state index is 0.102. The third kappa shape index (κ3) is 2.66. The van der Waals surface area contributed by atoms with Crippen molar-refractivity contribution in [2.75, 3.05) is 33.4 Å². The van der Waals surface area contributed by atoms with Crippen LogP contribution in [-0.4, -0.2) is 39.3 Å². The molecule has 0 aromatic heterocycles. The van der Waals surface area contributed by atoms with Crippen molar-refractivity contribution in [2.45, 2.75) is 37.5 Å². The Balaban J connectivity index is 1.40. The zero-order valence-electron chi connectivity index (χ0n) is 14.6. The Morgan fingerprint density at radius 1 is 1.29 bits per heavy atom. The van der Waals surface area contributed by atoms with Crippen LogP contribution in [0.25, 0.3) is 0 Å². The van der Waals surface area contributed by atoms with Crippen molar-refractivity contribution in [1.29, 1.82) is 0 Å². The van der Waals surface area contributed by atoms with Crippen molar-refractivity contribution >= 4 is 5.91 Å². The Labute approximate surface area is 144 Å². The van der Waals surface area contributed by atoms with Gasteiger partial charge in [-0.3, -0.25) is 4.79 Å². The number of amides is 1. The average Bonchev–Trinajstić information content (AvgIpc) is 3.23. The molecule has 1 saturated carbocycles. The molecule has 0 radical (unpaired) electrons. The minimum atomic E-state index is 0.102. The largest absolute Gasteiger partial charge is 0.384 e. The monoisotopic (exact) mass is 328 g/mol. The smallest absolute Gasteiger partial charge is 0.224 e. The summed E-state index contributed by atoms with van der Waals surface area (Å²) in [6.07, 6.45) is 5.42. The van der Waals surface area contributed by atoms with Crippen LogP contribution in [0, 0.1) is 11.3 Å². The van der Waals surface area contributed by atoms with Crippen molar-refractivity contribution < 1.29 is 9.53 Å². The Morgan fingerprint density at radius 2 is 2.08 bits per heavy atom. The molecule has 4 rings (SSSR count). The second-order valence-electron chi connectivity index (χ2n) is 7.97. The first-order valence-electron chi connectivity index (χ1n) is 9.25. The van der Waals surface area contributed by atoms with Gasteiger partial charge in [0.05, 0.1) is 6.61 Å². The summed E-state index contributed by atoms with van der Waals surface area (Å²) in [5, 5.41) is 6.68. The second kappa shape index (κ2) is 6.16. The lowest BCUT2D eigenvalue weighted by Crippen LogP contribution is -2.47. The third-order valence-corrected chi connectivity index (χ3v) is 6.54. The zero-order chi connectivity index (χ0) is 16.6. The highest BCUT2D eigenvalue weighted by Gasteiger charge is 2.61. The van der Waals surface area contributed by atoms with E-state index in [0.717, 1.165) is 58.3 Å². The van der Waals surface area contributed by atoms with Crippen LogP contribution in [0.4, 0.5) is 0 Å². The van der Waals surface area contributed by atoms with E-state index in [1.165, 1.54) is 11.1 Å². The predicted octanol–water partition coefficient (Wildman–Crippen LogP) is 2.02. The van der Waals surface area contributed by atoms with Gasteiger partial charge >= 0.3 is 0 Å². The van der Waals surface area contributed by atoms with Crippen LogP contribution in [0.3, 0.4) is 0 Å². The van der Waals surface area contributed by atoms with E-state index in [2.05, 4.69) is 34.9 Å². The van der Waals surface area contributed by atoms with E-state index in [4.69, 9.17) is 4.74 Å². The summed E-state index contributed by atoms with van der Waals surface area (Å²) in [6.45, 7) is 3.50. The summed E-state index contributed by atoms with van der Waals surface area (Å²) in [4.78, 5) is 12.8. The normalized spacial score (nSPS) is 30.1. The number of carbonyl (C=O) groups is 1. The fraction of sp³-hybridized carbons (Fsp3) is 0.650. The molecule has 4 heteroatoms. The van der Waals surface area contributed by atoms with Gasteiger partial charge in [-0.05, 0) is 56.3 Å². The summed E-state index contributed by atoms with van der Waals surface area (Å²) >= 11 is 0. The lowest BCUT2D eigenvalue weighted by atomic mass is 9.79. The molecule has 0 bridgehead atoms. The van der Waals surface area contributed by atoms with Gasteiger partial charge in [0.25, 0.3) is 0 Å². The first kappa shape index (κ1) is 16.1. The van der Waals surface area contributed by atoms with E-state index in [1.54, 1.807) is 7.11 Å². The Bertz CT molecular complexity index is 618. The Morgan fingerprint density at radius 3 is 2.88 bits per heavy atom. The number of rotatable bonds is 5. The SMILES string of the molecule is COCC1(CNC(=O)C2CC23CCc2ccccc23)CCNCC1. The number of piperidine rings is 1. The van der Waals surface area contributed by atoms with Crippen LogP contribution in [0.5, 0.6) is 0 Å². The second-order valence-corrected chi connectivity index (χ2v) is 7.97. The minimum Gasteiger partial charge on any atom is -0.384 e. The molecule has 1 aromatic carbocycles. The molecule has 1 amide bonds. The molecule has 1 heterocycles. The molecule has 2 atom stereocenters. The van der Waals surface area contributed by atoms with E-state index < -0.39 is 0 Å². The summed E-state index contributed by atoms with van der Waals surface area (Å²) < 4.78 is 5.45. The van der Waals surface area contributed by atoms with Gasteiger partial charge in [-0.1, -0.05) is 24.3 Å². The average molecular weight is 328 g/mol. The van der Waals surface area contributed by atoms with Crippen LogP contribution in [0.1, 0.15) is 36.8 Å². The summed E-state index contributed by atoms with van der Waals surface area (Å²) in [5.41, 5.74) is 3.12. The molecule has 24 heavy (non-hydrogen) atoms. The van der Waals surface area contributed by atoms with Crippen molar-refractivity contribution in [1.82, 2.24) is 10.6 Å². The number of methoxy groups -OCH3 is 1. The van der Waals surface area contributed by atoms with E-state index in [0.29, 0.717) is 0 Å². The van der Waals surface area contributed by atoms with Gasteiger partial charge in [-0.25, -0.2) is 0 Å². The van der Waals surface area contributed by atoms with Crippen LogP contribution in [0.15, 0.2) is 24.3 Å². The highest BCUT2D eigenvalue weighted by atomic mass is 16.5. The molecule has 130 valence electrons. The van der Waals surface area contributed by atoms with Gasteiger partial charge in [-0.2, -0.15) is 0 Å². The molecule has 1 spiro atoms. The highest BCUT2D eigenvalue weighted by molar-refractivity contribution is 5.85. The molecule has 1 aromatic rings. The Kier molecular flexibility index (Phi) is 4.13. The molecule has 2 N–H and O–H groups in total. The van der Waals surface area contributed by atoms with E-state index in [9.17, 15) is 4.79 Å². The molecule has 2 unspecified atom stereocenters. The standard InChI is InChI=1S/C20H28N2O2/c1-24-14-19(8-10-21-11-9-19)13-22-18(23)17-12-20(17)7-6-15-4-2-3-5-16(15)20/h2-5,17,21H,6-14H2,1H3,(H,22,23). The van der Waals surface area contributed by atoms with Crippen molar-refractivity contribution in [3.05, 3.63) is 35.4 Å². The van der Waals surface area contributed by atoms with Crippen molar-refractivity contribution in [3.63, 3.8) is 0 Å². The number of hydrogen-bond acceptors (Lipinski definition) is 3. The summed E-state index contributed by atoms with van der Waals surface area (Å²) in [6, 6.07) is 8.68. The van der Waals surface area contributed by atoms with Gasteiger partial charge in [0, 0.05) is 30.4 Å². The highest BCUT2D eigenvalue weighted by Crippen LogP contribution is 2.61. The molecule has 1 saturated heterocycles. The third-order valence-electron chi connectivity index (χ3n) is 6.54.